The summed E-state index contributed by atoms with van der Waals surface area (Å²) < 4.78 is 26.0. The van der Waals surface area contributed by atoms with Crippen LogP contribution in [0.2, 0.25) is 0 Å². The smallest absolute Gasteiger partial charge is 0.211 e. The van der Waals surface area contributed by atoms with E-state index in [0.29, 0.717) is 6.42 Å². The zero-order valence-electron chi connectivity index (χ0n) is 9.18. The maximum Gasteiger partial charge on any atom is 0.228 e. The fraction of sp³-hybridized carbons (Fsp3) is 0.800. The molecule has 0 radical (unpaired) electrons. The first-order chi connectivity index (χ1) is 7.55. The molecule has 0 aromatic heterocycles. The quantitative estimate of drug-likeness (QED) is 0.791. The van der Waals surface area contributed by atoms with Gasteiger partial charge in [-0.1, -0.05) is 13.3 Å². The molecule has 1 saturated carbocycles. The van der Waals surface area contributed by atoms with Crippen molar-refractivity contribution in [2.75, 3.05) is 0 Å². The van der Waals surface area contributed by atoms with Gasteiger partial charge in [0.25, 0.3) is 0 Å². The van der Waals surface area contributed by atoms with Crippen LogP contribution in [0.5, 0.6) is 0 Å². The third kappa shape index (κ3) is 2.72. The molecule has 0 bridgehead atoms. The lowest BCUT2D eigenvalue weighted by Crippen LogP contribution is -2.41. The highest BCUT2D eigenvalue weighted by Gasteiger charge is 2.33. The molecule has 16 heavy (non-hydrogen) atoms. The highest BCUT2D eigenvalue weighted by Crippen LogP contribution is 2.25. The van der Waals surface area contributed by atoms with E-state index >= 15 is 0 Å². The molecule has 0 aromatic rings. The zero-order valence-corrected chi connectivity index (χ0v) is 10.00. The highest BCUT2D eigenvalue weighted by molar-refractivity contribution is 7.90. The molecule has 0 aliphatic heterocycles. The topological polar surface area (TPSA) is 93.8 Å². The lowest BCUT2D eigenvalue weighted by atomic mass is 10.1. The molecule has 6 heteroatoms. The van der Waals surface area contributed by atoms with Crippen molar-refractivity contribution in [2.45, 2.75) is 43.9 Å². The second-order valence-corrected chi connectivity index (χ2v) is 5.86. The summed E-state index contributed by atoms with van der Waals surface area (Å²) >= 11 is 0. The van der Waals surface area contributed by atoms with E-state index in [1.165, 1.54) is 0 Å². The Balaban J connectivity index is 2.74. The van der Waals surface area contributed by atoms with Gasteiger partial charge in [0, 0.05) is 6.04 Å². The van der Waals surface area contributed by atoms with Gasteiger partial charge in [0.15, 0.2) is 5.25 Å². The maximum absolute atomic E-state index is 11.8. The summed E-state index contributed by atoms with van der Waals surface area (Å²) in [5.41, 5.74) is 0. The van der Waals surface area contributed by atoms with Gasteiger partial charge in [0.1, 0.15) is 0 Å². The lowest BCUT2D eigenvalue weighted by molar-refractivity contribution is 0.510. The summed E-state index contributed by atoms with van der Waals surface area (Å²) in [6.07, 6.45) is 2.52. The molecule has 0 heterocycles. The van der Waals surface area contributed by atoms with Crippen LogP contribution in [-0.2, 0) is 10.0 Å². The van der Waals surface area contributed by atoms with E-state index in [2.05, 4.69) is 10.8 Å². The van der Waals surface area contributed by atoms with Crippen LogP contribution in [0, 0.1) is 28.6 Å². The minimum atomic E-state index is -3.61. The van der Waals surface area contributed by atoms with E-state index in [1.807, 2.05) is 0 Å². The van der Waals surface area contributed by atoms with Crippen molar-refractivity contribution in [3.63, 3.8) is 0 Å². The molecule has 1 rings (SSSR count). The Bertz CT molecular complexity index is 418. The van der Waals surface area contributed by atoms with Crippen molar-refractivity contribution in [1.29, 1.82) is 10.5 Å². The minimum absolute atomic E-state index is 0.258. The Morgan fingerprint density at radius 2 is 2.12 bits per heavy atom. The standard InChI is InChI=1S/C10H15N3O2S/c1-2-9(7-12)16(14,15)13-10-5-3-4-8(10)6-11/h8-10,13H,2-5H2,1H3. The molecular formula is C10H15N3O2S. The Labute approximate surface area is 96.1 Å². The summed E-state index contributed by atoms with van der Waals surface area (Å²) in [6, 6.07) is 3.55. The van der Waals surface area contributed by atoms with Crippen molar-refractivity contribution in [3.05, 3.63) is 0 Å². The molecule has 1 fully saturated rings. The first kappa shape index (κ1) is 13.0. The number of nitrogens with zero attached hydrogens (tertiary/aromatic N) is 2. The molecule has 1 N–H and O–H groups in total. The van der Waals surface area contributed by atoms with E-state index in [-0.39, 0.29) is 18.4 Å². The summed E-state index contributed by atoms with van der Waals surface area (Å²) in [7, 11) is -3.61. The lowest BCUT2D eigenvalue weighted by Gasteiger charge is -2.17. The fourth-order valence-corrected chi connectivity index (χ4v) is 3.37. The van der Waals surface area contributed by atoms with Crippen LogP contribution >= 0.6 is 0 Å². The largest absolute Gasteiger partial charge is 0.228 e. The van der Waals surface area contributed by atoms with E-state index in [0.717, 1.165) is 12.8 Å². The van der Waals surface area contributed by atoms with Crippen molar-refractivity contribution < 1.29 is 8.42 Å². The molecule has 0 saturated heterocycles. The summed E-state index contributed by atoms with van der Waals surface area (Å²) in [5.74, 6) is -0.258. The van der Waals surface area contributed by atoms with Crippen molar-refractivity contribution in [1.82, 2.24) is 4.72 Å². The van der Waals surface area contributed by atoms with Crippen LogP contribution in [0.15, 0.2) is 0 Å². The van der Waals surface area contributed by atoms with E-state index < -0.39 is 15.3 Å². The fourth-order valence-electron chi connectivity index (χ4n) is 1.93. The number of sulfonamides is 1. The highest BCUT2D eigenvalue weighted by atomic mass is 32.2. The molecular weight excluding hydrogens is 226 g/mol. The minimum Gasteiger partial charge on any atom is -0.211 e. The number of rotatable bonds is 4. The van der Waals surface area contributed by atoms with Crippen LogP contribution in [0.3, 0.4) is 0 Å². The molecule has 3 unspecified atom stereocenters. The third-order valence-corrected chi connectivity index (χ3v) is 4.71. The van der Waals surface area contributed by atoms with Gasteiger partial charge in [0.2, 0.25) is 10.0 Å². The number of nitriles is 2. The predicted octanol–water partition coefficient (Wildman–Crippen LogP) is 0.900. The van der Waals surface area contributed by atoms with Crippen molar-refractivity contribution in [2.24, 2.45) is 5.92 Å². The van der Waals surface area contributed by atoms with Crippen LogP contribution in [0.25, 0.3) is 0 Å². The number of hydrogen-bond acceptors (Lipinski definition) is 4. The van der Waals surface area contributed by atoms with Gasteiger partial charge in [-0.05, 0) is 19.3 Å². The molecule has 1 aliphatic rings. The molecule has 0 amide bonds. The molecule has 3 atom stereocenters. The summed E-state index contributed by atoms with van der Waals surface area (Å²) in [6.45, 7) is 1.66. The molecule has 0 aromatic carbocycles. The first-order valence-corrected chi connectivity index (χ1v) is 6.90. The number of nitrogens with one attached hydrogen (secondary N) is 1. The normalized spacial score (nSPS) is 26.9. The average molecular weight is 241 g/mol. The van der Waals surface area contributed by atoms with Crippen LogP contribution in [0.4, 0.5) is 0 Å². The van der Waals surface area contributed by atoms with Gasteiger partial charge in [-0.15, -0.1) is 0 Å². The van der Waals surface area contributed by atoms with Crippen molar-refractivity contribution in [3.8, 4) is 12.1 Å². The molecule has 88 valence electrons. The second-order valence-electron chi connectivity index (χ2n) is 3.96. The monoisotopic (exact) mass is 241 g/mol. The van der Waals surface area contributed by atoms with Crippen LogP contribution in [0.1, 0.15) is 32.6 Å². The second kappa shape index (κ2) is 5.29. The van der Waals surface area contributed by atoms with E-state index in [9.17, 15) is 8.42 Å². The van der Waals surface area contributed by atoms with Gasteiger partial charge >= 0.3 is 0 Å². The van der Waals surface area contributed by atoms with Crippen LogP contribution in [-0.4, -0.2) is 19.7 Å². The van der Waals surface area contributed by atoms with Crippen molar-refractivity contribution >= 4 is 10.0 Å². The molecule has 5 nitrogen and oxygen atoms in total. The maximum atomic E-state index is 11.8. The van der Waals surface area contributed by atoms with Gasteiger partial charge in [-0.25, -0.2) is 13.1 Å². The zero-order chi connectivity index (χ0) is 12.2. The van der Waals surface area contributed by atoms with Gasteiger partial charge in [-0.2, -0.15) is 10.5 Å². The Hall–Kier alpha value is -1.11. The average Bonchev–Trinajstić information content (AvgIpc) is 2.65. The summed E-state index contributed by atoms with van der Waals surface area (Å²) in [5, 5.41) is 16.5. The Morgan fingerprint density at radius 1 is 1.44 bits per heavy atom. The first-order valence-electron chi connectivity index (χ1n) is 5.35. The number of hydrogen-bond donors (Lipinski definition) is 1. The predicted molar refractivity (Wildman–Crippen MR) is 58.5 cm³/mol. The summed E-state index contributed by atoms with van der Waals surface area (Å²) in [4.78, 5) is 0. The molecule has 0 spiro atoms. The van der Waals surface area contributed by atoms with Crippen LogP contribution < -0.4 is 4.72 Å². The SMILES string of the molecule is CCC(C#N)S(=O)(=O)NC1CCCC1C#N. The Morgan fingerprint density at radius 3 is 2.62 bits per heavy atom. The van der Waals surface area contributed by atoms with Gasteiger partial charge < -0.3 is 0 Å². The Kier molecular flexibility index (Phi) is 4.28. The van der Waals surface area contributed by atoms with E-state index in [4.69, 9.17) is 10.5 Å². The van der Waals surface area contributed by atoms with Gasteiger partial charge in [0.05, 0.1) is 18.1 Å². The molecule has 1 aliphatic carbocycles. The van der Waals surface area contributed by atoms with E-state index in [1.54, 1.807) is 13.0 Å². The van der Waals surface area contributed by atoms with Gasteiger partial charge in [-0.3, -0.25) is 0 Å². The third-order valence-electron chi connectivity index (χ3n) is 2.89.